The zero-order valence-corrected chi connectivity index (χ0v) is 16.8. The maximum absolute atomic E-state index is 12.5. The van der Waals surface area contributed by atoms with Gasteiger partial charge in [0.05, 0.1) is 16.8 Å². The highest BCUT2D eigenvalue weighted by atomic mass is 79.9. The van der Waals surface area contributed by atoms with Crippen LogP contribution < -0.4 is 10.9 Å². The first-order valence-electron chi connectivity index (χ1n) is 7.62. The number of hydrazine groups is 1. The molecule has 2 aromatic rings. The Morgan fingerprint density at radius 2 is 1.76 bits per heavy atom. The summed E-state index contributed by atoms with van der Waals surface area (Å²) in [6.45, 7) is 5.75. The molecule has 2 amide bonds. The van der Waals surface area contributed by atoms with Gasteiger partial charge < -0.3 is 0 Å². The van der Waals surface area contributed by atoms with Crippen molar-refractivity contribution >= 4 is 39.5 Å². The average molecular weight is 423 g/mol. The average Bonchev–Trinajstić information content (AvgIpc) is 2.58. The lowest BCUT2D eigenvalue weighted by atomic mass is 10.1. The summed E-state index contributed by atoms with van der Waals surface area (Å²) in [5.41, 5.74) is 6.23. The molecule has 0 aliphatic heterocycles. The van der Waals surface area contributed by atoms with Crippen molar-refractivity contribution in [3.63, 3.8) is 0 Å². The zero-order valence-electron chi connectivity index (χ0n) is 14.4. The number of nitrogens with one attached hydrogen (secondary N) is 2. The second-order valence-electron chi connectivity index (χ2n) is 5.59. The highest BCUT2D eigenvalue weighted by Crippen LogP contribution is 2.23. The summed E-state index contributed by atoms with van der Waals surface area (Å²) >= 11 is 4.68. The maximum Gasteiger partial charge on any atom is 0.274 e. The number of amides is 2. The van der Waals surface area contributed by atoms with E-state index >= 15 is 0 Å². The molecule has 0 fully saturated rings. The van der Waals surface area contributed by atoms with Crippen molar-refractivity contribution < 1.29 is 9.59 Å². The maximum atomic E-state index is 12.5. The molecule has 0 saturated carbocycles. The van der Waals surface area contributed by atoms with Gasteiger partial charge in [-0.15, -0.1) is 11.8 Å². The fourth-order valence-corrected chi connectivity index (χ4v) is 3.22. The predicted molar refractivity (Wildman–Crippen MR) is 102 cm³/mol. The van der Waals surface area contributed by atoms with E-state index in [9.17, 15) is 9.59 Å². The molecule has 0 atom stereocenters. The minimum Gasteiger partial charge on any atom is -0.267 e. The van der Waals surface area contributed by atoms with Crippen molar-refractivity contribution in [2.24, 2.45) is 0 Å². The summed E-state index contributed by atoms with van der Waals surface area (Å²) in [5.74, 6) is -0.00560. The molecule has 132 valence electrons. The summed E-state index contributed by atoms with van der Waals surface area (Å²) in [4.78, 5) is 33.5. The Kier molecular flexibility index (Phi) is 6.55. The number of aromatic nitrogens is 2. The Labute approximate surface area is 159 Å². The van der Waals surface area contributed by atoms with Crippen molar-refractivity contribution in [3.05, 3.63) is 51.4 Å². The lowest BCUT2D eigenvalue weighted by Gasteiger charge is -2.14. The number of thioether (sulfide) groups is 1. The van der Waals surface area contributed by atoms with Gasteiger partial charge in [0, 0.05) is 10.4 Å². The van der Waals surface area contributed by atoms with Crippen molar-refractivity contribution in [2.45, 2.75) is 31.7 Å². The van der Waals surface area contributed by atoms with Crippen LogP contribution in [-0.4, -0.2) is 28.0 Å². The van der Waals surface area contributed by atoms with Gasteiger partial charge in [-0.3, -0.25) is 20.4 Å². The van der Waals surface area contributed by atoms with Crippen molar-refractivity contribution in [2.75, 3.05) is 6.26 Å². The van der Waals surface area contributed by atoms with Crippen LogP contribution in [0.4, 0.5) is 0 Å². The third kappa shape index (κ3) is 4.58. The molecule has 2 rings (SSSR count). The summed E-state index contributed by atoms with van der Waals surface area (Å²) in [5, 5.41) is 0.587. The molecule has 0 bridgehead atoms. The lowest BCUT2D eigenvalue weighted by Crippen LogP contribution is -2.42. The number of aryl methyl sites for hydroxylation is 1. The van der Waals surface area contributed by atoms with Gasteiger partial charge in [0.1, 0.15) is 10.9 Å². The van der Waals surface area contributed by atoms with E-state index in [4.69, 9.17) is 0 Å². The second-order valence-corrected chi connectivity index (χ2v) is 7.24. The van der Waals surface area contributed by atoms with Gasteiger partial charge in [0.2, 0.25) is 0 Å². The fourth-order valence-electron chi connectivity index (χ4n) is 2.12. The molecule has 0 spiro atoms. The first kappa shape index (κ1) is 19.4. The first-order chi connectivity index (χ1) is 11.8. The third-order valence-electron chi connectivity index (χ3n) is 3.42. The molecule has 1 aromatic carbocycles. The number of hydrogen-bond donors (Lipinski definition) is 2. The van der Waals surface area contributed by atoms with Gasteiger partial charge in [0.25, 0.3) is 11.8 Å². The van der Waals surface area contributed by atoms with Gasteiger partial charge in [-0.2, -0.15) is 0 Å². The molecule has 2 N–H and O–H groups in total. The molecular formula is C17H19BrN4O2S. The first-order valence-corrected chi connectivity index (χ1v) is 9.64. The Hall–Kier alpha value is -1.93. The molecule has 0 unspecified atom stereocenters. The fraction of sp³-hybridized carbons (Fsp3) is 0.294. The lowest BCUT2D eigenvalue weighted by molar-refractivity contribution is 0.0843. The quantitative estimate of drug-likeness (QED) is 0.447. The molecule has 25 heavy (non-hydrogen) atoms. The topological polar surface area (TPSA) is 84.0 Å². The summed E-state index contributed by atoms with van der Waals surface area (Å²) in [6.07, 6.45) is 1.85. The van der Waals surface area contributed by atoms with Crippen LogP contribution in [0.25, 0.3) is 0 Å². The highest BCUT2D eigenvalue weighted by Gasteiger charge is 2.20. The number of carbonyl (C=O) groups excluding carboxylic acids is 2. The number of benzene rings is 1. The van der Waals surface area contributed by atoms with Crippen molar-refractivity contribution in [3.8, 4) is 0 Å². The molecule has 0 aliphatic rings. The number of halogens is 1. The monoisotopic (exact) mass is 422 g/mol. The summed E-state index contributed by atoms with van der Waals surface area (Å²) in [7, 11) is 0. The van der Waals surface area contributed by atoms with E-state index in [2.05, 4.69) is 36.7 Å². The normalized spacial score (nSPS) is 10.6. The van der Waals surface area contributed by atoms with E-state index in [1.807, 2.05) is 20.1 Å². The van der Waals surface area contributed by atoms with E-state index in [0.717, 1.165) is 0 Å². The van der Waals surface area contributed by atoms with Gasteiger partial charge in [-0.05, 0) is 41.2 Å². The molecule has 1 heterocycles. The third-order valence-corrected chi connectivity index (χ3v) is 4.79. The minimum absolute atomic E-state index is 0.164. The second kappa shape index (κ2) is 8.44. The van der Waals surface area contributed by atoms with Crippen molar-refractivity contribution in [1.82, 2.24) is 20.8 Å². The van der Waals surface area contributed by atoms with E-state index < -0.39 is 11.8 Å². The van der Waals surface area contributed by atoms with Gasteiger partial charge >= 0.3 is 0 Å². The Balaban J connectivity index is 2.18. The van der Waals surface area contributed by atoms with Crippen LogP contribution in [0.1, 0.15) is 52.0 Å². The van der Waals surface area contributed by atoms with Gasteiger partial charge in [0.15, 0.2) is 0 Å². The number of rotatable bonds is 4. The molecule has 1 aromatic heterocycles. The van der Waals surface area contributed by atoms with Crippen LogP contribution in [0, 0.1) is 6.92 Å². The van der Waals surface area contributed by atoms with Crippen LogP contribution >= 0.6 is 27.7 Å². The molecule has 0 radical (unpaired) electrons. The van der Waals surface area contributed by atoms with Crippen LogP contribution in [-0.2, 0) is 0 Å². The van der Waals surface area contributed by atoms with E-state index in [-0.39, 0.29) is 5.92 Å². The summed E-state index contributed by atoms with van der Waals surface area (Å²) in [6, 6.07) is 6.97. The molecular weight excluding hydrogens is 404 g/mol. The van der Waals surface area contributed by atoms with Crippen LogP contribution in [0.2, 0.25) is 0 Å². The number of nitrogens with zero attached hydrogens (tertiary/aromatic N) is 2. The molecule has 0 aliphatic carbocycles. The highest BCUT2D eigenvalue weighted by molar-refractivity contribution is 9.10. The van der Waals surface area contributed by atoms with E-state index in [1.165, 1.54) is 11.8 Å². The Morgan fingerprint density at radius 3 is 2.36 bits per heavy atom. The molecule has 8 heteroatoms. The number of carbonyl (C=O) groups is 2. The Bertz CT molecular complexity index is 811. The van der Waals surface area contributed by atoms with E-state index in [1.54, 1.807) is 31.2 Å². The van der Waals surface area contributed by atoms with Crippen molar-refractivity contribution in [1.29, 1.82) is 0 Å². The minimum atomic E-state index is -0.447. The van der Waals surface area contributed by atoms with Gasteiger partial charge in [-0.25, -0.2) is 9.97 Å². The smallest absolute Gasteiger partial charge is 0.267 e. The SMILES string of the molecule is CSc1nc(C(C)C)nc(C)c1C(=O)NNC(=O)c1ccccc1Br. The Morgan fingerprint density at radius 1 is 1.12 bits per heavy atom. The molecule has 0 saturated heterocycles. The standard InChI is InChI=1S/C17H19BrN4O2S/c1-9(2)14-19-10(3)13(17(20-14)25-4)16(24)22-21-15(23)11-7-5-6-8-12(11)18/h5-9H,1-4H3,(H,21,23)(H,22,24). The van der Waals surface area contributed by atoms with Crippen LogP contribution in [0.15, 0.2) is 33.8 Å². The largest absolute Gasteiger partial charge is 0.274 e. The van der Waals surface area contributed by atoms with Gasteiger partial charge in [-0.1, -0.05) is 26.0 Å². The number of hydrogen-bond acceptors (Lipinski definition) is 5. The summed E-state index contributed by atoms with van der Waals surface area (Å²) < 4.78 is 0.646. The molecule has 6 nitrogen and oxygen atoms in total. The predicted octanol–water partition coefficient (Wildman–Crippen LogP) is 3.47. The van der Waals surface area contributed by atoms with E-state index in [0.29, 0.717) is 32.1 Å². The van der Waals surface area contributed by atoms with Crippen LogP contribution in [0.3, 0.4) is 0 Å². The van der Waals surface area contributed by atoms with Crippen LogP contribution in [0.5, 0.6) is 0 Å². The zero-order chi connectivity index (χ0) is 18.6.